The zero-order chi connectivity index (χ0) is 14.3. The number of rotatable bonds is 2. The van der Waals surface area contributed by atoms with Crippen LogP contribution in [-0.2, 0) is 6.42 Å². The van der Waals surface area contributed by atoms with Gasteiger partial charge in [0.2, 0.25) is 0 Å². The summed E-state index contributed by atoms with van der Waals surface area (Å²) in [6.45, 7) is 2.18. The van der Waals surface area contributed by atoms with Gasteiger partial charge in [-0.15, -0.1) is 0 Å². The van der Waals surface area contributed by atoms with Crippen molar-refractivity contribution in [2.45, 2.75) is 19.4 Å². The van der Waals surface area contributed by atoms with Crippen LogP contribution in [0.4, 0.5) is 8.78 Å². The molecule has 0 radical (unpaired) electrons. The Morgan fingerprint density at radius 2 is 1.95 bits per heavy atom. The average molecular weight is 275 g/mol. The Morgan fingerprint density at radius 3 is 2.75 bits per heavy atom. The van der Waals surface area contributed by atoms with Crippen molar-refractivity contribution in [3.63, 3.8) is 0 Å². The molecule has 0 saturated carbocycles. The van der Waals surface area contributed by atoms with E-state index in [1.807, 2.05) is 12.1 Å². The van der Waals surface area contributed by atoms with Gasteiger partial charge in [0.25, 0.3) is 0 Å². The van der Waals surface area contributed by atoms with Crippen molar-refractivity contribution in [3.05, 3.63) is 64.2 Å². The molecule has 104 valence electrons. The molecule has 1 unspecified atom stereocenters. The second-order valence-corrected chi connectivity index (χ2v) is 5.07. The molecule has 1 aliphatic rings. The summed E-state index contributed by atoms with van der Waals surface area (Å²) >= 11 is 0. The highest BCUT2D eigenvalue weighted by atomic mass is 19.1. The number of ether oxygens (including phenoxy) is 1. The summed E-state index contributed by atoms with van der Waals surface area (Å²) in [6, 6.07) is 7.21. The molecule has 1 heterocycles. The Bertz CT molecular complexity index is 670. The third kappa shape index (κ3) is 2.16. The molecule has 20 heavy (non-hydrogen) atoms. The lowest BCUT2D eigenvalue weighted by molar-refractivity contribution is 0.357. The minimum Gasteiger partial charge on any atom is -0.493 e. The highest BCUT2D eigenvalue weighted by molar-refractivity contribution is 5.43. The van der Waals surface area contributed by atoms with E-state index in [0.29, 0.717) is 6.61 Å². The number of nitrogens with two attached hydrogens (primary N) is 1. The SMILES string of the molecule is Cc1cc(F)c(C(N)c2ccc3c(c2)CCO3)cc1F. The molecule has 1 aliphatic heterocycles. The summed E-state index contributed by atoms with van der Waals surface area (Å²) in [6.07, 6.45) is 0.820. The first-order valence-electron chi connectivity index (χ1n) is 6.53. The molecule has 2 N–H and O–H groups in total. The third-order valence-electron chi connectivity index (χ3n) is 3.69. The summed E-state index contributed by atoms with van der Waals surface area (Å²) in [7, 11) is 0. The molecule has 0 aliphatic carbocycles. The van der Waals surface area contributed by atoms with Crippen molar-refractivity contribution in [1.29, 1.82) is 0 Å². The predicted molar refractivity (Wildman–Crippen MR) is 72.8 cm³/mol. The molecule has 0 fully saturated rings. The summed E-state index contributed by atoms with van der Waals surface area (Å²) in [5.74, 6) is -0.0778. The van der Waals surface area contributed by atoms with Crippen molar-refractivity contribution in [1.82, 2.24) is 0 Å². The van der Waals surface area contributed by atoms with Crippen LogP contribution in [0.3, 0.4) is 0 Å². The van der Waals surface area contributed by atoms with E-state index in [1.54, 1.807) is 6.07 Å². The fraction of sp³-hybridized carbons (Fsp3) is 0.250. The molecular weight excluding hydrogens is 260 g/mol. The van der Waals surface area contributed by atoms with Gasteiger partial charge in [-0.3, -0.25) is 0 Å². The van der Waals surface area contributed by atoms with Crippen LogP contribution in [0.5, 0.6) is 5.75 Å². The first-order valence-corrected chi connectivity index (χ1v) is 6.53. The van der Waals surface area contributed by atoms with Crippen molar-refractivity contribution in [3.8, 4) is 5.75 Å². The zero-order valence-electron chi connectivity index (χ0n) is 11.1. The normalized spacial score (nSPS) is 14.8. The standard InChI is InChI=1S/C16H15F2NO/c1-9-6-14(18)12(8-13(9)17)16(19)11-2-3-15-10(7-11)4-5-20-15/h2-3,6-8,16H,4-5,19H2,1H3. The first kappa shape index (κ1) is 13.1. The Balaban J connectivity index is 2.00. The minimum absolute atomic E-state index is 0.173. The number of hydrogen-bond donors (Lipinski definition) is 1. The summed E-state index contributed by atoms with van der Waals surface area (Å²) in [4.78, 5) is 0. The monoisotopic (exact) mass is 275 g/mol. The summed E-state index contributed by atoms with van der Waals surface area (Å²) in [5, 5.41) is 0. The molecule has 0 amide bonds. The number of fused-ring (bicyclic) bond motifs is 1. The van der Waals surface area contributed by atoms with Gasteiger partial charge in [0.1, 0.15) is 17.4 Å². The smallest absolute Gasteiger partial charge is 0.128 e. The van der Waals surface area contributed by atoms with E-state index in [1.165, 1.54) is 19.1 Å². The highest BCUT2D eigenvalue weighted by Gasteiger charge is 2.19. The van der Waals surface area contributed by atoms with Gasteiger partial charge >= 0.3 is 0 Å². The Kier molecular flexibility index (Phi) is 3.18. The average Bonchev–Trinajstić information content (AvgIpc) is 2.89. The molecular formula is C16H15F2NO. The van der Waals surface area contributed by atoms with E-state index in [0.717, 1.165) is 23.3 Å². The topological polar surface area (TPSA) is 35.2 Å². The largest absolute Gasteiger partial charge is 0.493 e. The molecule has 0 aromatic heterocycles. The van der Waals surface area contributed by atoms with Gasteiger partial charge in [-0.1, -0.05) is 12.1 Å². The van der Waals surface area contributed by atoms with Crippen LogP contribution in [0.2, 0.25) is 0 Å². The lowest BCUT2D eigenvalue weighted by Crippen LogP contribution is -2.14. The molecule has 2 nitrogen and oxygen atoms in total. The maximum atomic E-state index is 14.0. The van der Waals surface area contributed by atoms with Gasteiger partial charge in [-0.2, -0.15) is 0 Å². The first-order chi connectivity index (χ1) is 9.56. The fourth-order valence-corrected chi connectivity index (χ4v) is 2.48. The Morgan fingerprint density at radius 1 is 1.15 bits per heavy atom. The molecule has 3 rings (SSSR count). The maximum Gasteiger partial charge on any atom is 0.128 e. The minimum atomic E-state index is -0.684. The Labute approximate surface area is 116 Å². The molecule has 2 aromatic carbocycles. The number of halogens is 2. The summed E-state index contributed by atoms with van der Waals surface area (Å²) < 4.78 is 33.0. The highest BCUT2D eigenvalue weighted by Crippen LogP contribution is 2.31. The van der Waals surface area contributed by atoms with Crippen LogP contribution in [-0.4, -0.2) is 6.61 Å². The zero-order valence-corrected chi connectivity index (χ0v) is 11.1. The molecule has 2 aromatic rings. The lowest BCUT2D eigenvalue weighted by atomic mass is 9.96. The fourth-order valence-electron chi connectivity index (χ4n) is 2.48. The molecule has 4 heteroatoms. The van der Waals surface area contributed by atoms with Crippen LogP contribution in [0, 0.1) is 18.6 Å². The van der Waals surface area contributed by atoms with E-state index in [4.69, 9.17) is 10.5 Å². The second kappa shape index (κ2) is 4.87. The van der Waals surface area contributed by atoms with Gasteiger partial charge in [0.05, 0.1) is 12.6 Å². The number of aryl methyl sites for hydroxylation is 1. The van der Waals surface area contributed by atoms with Gasteiger partial charge < -0.3 is 10.5 Å². The number of hydrogen-bond acceptors (Lipinski definition) is 2. The van der Waals surface area contributed by atoms with Gasteiger partial charge in [0, 0.05) is 12.0 Å². The van der Waals surface area contributed by atoms with Crippen LogP contribution in [0.25, 0.3) is 0 Å². The van der Waals surface area contributed by atoms with E-state index in [-0.39, 0.29) is 11.1 Å². The summed E-state index contributed by atoms with van der Waals surface area (Å²) in [5.41, 5.74) is 8.36. The van der Waals surface area contributed by atoms with E-state index in [9.17, 15) is 8.78 Å². The molecule has 0 saturated heterocycles. The lowest BCUT2D eigenvalue weighted by Gasteiger charge is -2.15. The van der Waals surface area contributed by atoms with Gasteiger partial charge in [0.15, 0.2) is 0 Å². The van der Waals surface area contributed by atoms with Crippen LogP contribution in [0.1, 0.15) is 28.3 Å². The second-order valence-electron chi connectivity index (χ2n) is 5.07. The maximum absolute atomic E-state index is 14.0. The van der Waals surface area contributed by atoms with Crippen LogP contribution >= 0.6 is 0 Å². The third-order valence-corrected chi connectivity index (χ3v) is 3.69. The van der Waals surface area contributed by atoms with Gasteiger partial charge in [-0.05, 0) is 41.8 Å². The number of benzene rings is 2. The van der Waals surface area contributed by atoms with Crippen LogP contribution in [0.15, 0.2) is 30.3 Å². The van der Waals surface area contributed by atoms with Crippen molar-refractivity contribution >= 4 is 0 Å². The van der Waals surface area contributed by atoms with E-state index < -0.39 is 17.7 Å². The van der Waals surface area contributed by atoms with Gasteiger partial charge in [-0.25, -0.2) is 8.78 Å². The molecule has 0 spiro atoms. The van der Waals surface area contributed by atoms with E-state index in [2.05, 4.69) is 0 Å². The van der Waals surface area contributed by atoms with Crippen molar-refractivity contribution < 1.29 is 13.5 Å². The van der Waals surface area contributed by atoms with Crippen LogP contribution < -0.4 is 10.5 Å². The van der Waals surface area contributed by atoms with Crippen molar-refractivity contribution in [2.75, 3.05) is 6.61 Å². The quantitative estimate of drug-likeness (QED) is 0.913. The molecule has 0 bridgehead atoms. The van der Waals surface area contributed by atoms with E-state index >= 15 is 0 Å². The predicted octanol–water partition coefficient (Wildman–Crippen LogP) is 3.26. The molecule has 1 atom stereocenters. The van der Waals surface area contributed by atoms with Crippen molar-refractivity contribution in [2.24, 2.45) is 5.73 Å². The Hall–Kier alpha value is -1.94.